The molecule has 19 heavy (non-hydrogen) atoms. The van der Waals surface area contributed by atoms with E-state index in [2.05, 4.69) is 11.8 Å². The first kappa shape index (κ1) is 15.6. The number of unbranched alkanes of at least 4 members (excludes halogenated alkanes) is 1. The van der Waals surface area contributed by atoms with Crippen LogP contribution in [0.3, 0.4) is 0 Å². The summed E-state index contributed by atoms with van der Waals surface area (Å²) in [6.07, 6.45) is 2.88. The average Bonchev–Trinajstić information content (AvgIpc) is 2.37. The minimum Gasteiger partial charge on any atom is -0.481 e. The molecule has 0 aliphatic heterocycles. The van der Waals surface area contributed by atoms with E-state index in [0.717, 1.165) is 38.0 Å². The van der Waals surface area contributed by atoms with Crippen molar-refractivity contribution < 1.29 is 14.3 Å². The summed E-state index contributed by atoms with van der Waals surface area (Å²) in [5.74, 6) is -0.951. The van der Waals surface area contributed by atoms with Crippen molar-refractivity contribution in [3.63, 3.8) is 0 Å². The van der Waals surface area contributed by atoms with Gasteiger partial charge in [-0.05, 0) is 50.0 Å². The van der Waals surface area contributed by atoms with Gasteiger partial charge in [-0.25, -0.2) is 4.39 Å². The Hall–Kier alpha value is -1.42. The van der Waals surface area contributed by atoms with E-state index in [0.29, 0.717) is 6.42 Å². The SMILES string of the molecule is CCCN(CCCCC(=O)O)Cc1ccc(F)cc1. The van der Waals surface area contributed by atoms with Crippen LogP contribution in [0.25, 0.3) is 0 Å². The molecule has 0 spiro atoms. The third-order valence-electron chi connectivity index (χ3n) is 2.97. The molecular formula is C15H22FNO2. The van der Waals surface area contributed by atoms with Crippen molar-refractivity contribution in [3.05, 3.63) is 35.6 Å². The molecule has 0 fully saturated rings. The molecule has 0 saturated carbocycles. The maximum absolute atomic E-state index is 12.8. The lowest BCUT2D eigenvalue weighted by molar-refractivity contribution is -0.137. The predicted octanol–water partition coefficient (Wildman–Crippen LogP) is 3.29. The van der Waals surface area contributed by atoms with Crippen molar-refractivity contribution in [1.82, 2.24) is 4.90 Å². The second-order valence-corrected chi connectivity index (χ2v) is 4.75. The molecule has 1 rings (SSSR count). The first-order chi connectivity index (χ1) is 9.11. The van der Waals surface area contributed by atoms with Crippen molar-refractivity contribution in [2.24, 2.45) is 0 Å². The molecule has 1 N–H and O–H groups in total. The molecule has 4 heteroatoms. The van der Waals surface area contributed by atoms with Gasteiger partial charge in [0, 0.05) is 13.0 Å². The van der Waals surface area contributed by atoms with Crippen LogP contribution >= 0.6 is 0 Å². The molecule has 0 radical (unpaired) electrons. The number of carbonyl (C=O) groups is 1. The number of carboxylic acids is 1. The van der Waals surface area contributed by atoms with Crippen LogP contribution in [0.2, 0.25) is 0 Å². The summed E-state index contributed by atoms with van der Waals surface area (Å²) in [5, 5.41) is 8.59. The Morgan fingerprint density at radius 2 is 1.89 bits per heavy atom. The Balaban J connectivity index is 2.39. The molecule has 0 heterocycles. The molecule has 106 valence electrons. The number of rotatable bonds is 9. The molecule has 0 aliphatic rings. The Morgan fingerprint density at radius 1 is 1.21 bits per heavy atom. The molecule has 0 bridgehead atoms. The molecule has 3 nitrogen and oxygen atoms in total. The summed E-state index contributed by atoms with van der Waals surface area (Å²) in [6, 6.07) is 6.55. The molecule has 0 saturated heterocycles. The Bertz CT molecular complexity index is 378. The van der Waals surface area contributed by atoms with Crippen LogP contribution in [0.5, 0.6) is 0 Å². The zero-order chi connectivity index (χ0) is 14.1. The summed E-state index contributed by atoms with van der Waals surface area (Å²) in [5.41, 5.74) is 1.09. The van der Waals surface area contributed by atoms with E-state index in [-0.39, 0.29) is 12.2 Å². The van der Waals surface area contributed by atoms with E-state index in [1.54, 1.807) is 12.1 Å². The van der Waals surface area contributed by atoms with Gasteiger partial charge < -0.3 is 5.11 Å². The maximum atomic E-state index is 12.8. The molecule has 0 atom stereocenters. The minimum atomic E-state index is -0.736. The van der Waals surface area contributed by atoms with Gasteiger partial charge in [-0.3, -0.25) is 9.69 Å². The summed E-state index contributed by atoms with van der Waals surface area (Å²) >= 11 is 0. The van der Waals surface area contributed by atoms with Gasteiger partial charge >= 0.3 is 5.97 Å². The van der Waals surface area contributed by atoms with Crippen LogP contribution < -0.4 is 0 Å². The number of hydrogen-bond acceptors (Lipinski definition) is 2. The Labute approximate surface area is 114 Å². The maximum Gasteiger partial charge on any atom is 0.303 e. The van der Waals surface area contributed by atoms with Crippen molar-refractivity contribution in [3.8, 4) is 0 Å². The highest BCUT2D eigenvalue weighted by atomic mass is 19.1. The van der Waals surface area contributed by atoms with Gasteiger partial charge in [-0.1, -0.05) is 19.1 Å². The van der Waals surface area contributed by atoms with Gasteiger partial charge in [-0.2, -0.15) is 0 Å². The van der Waals surface area contributed by atoms with E-state index >= 15 is 0 Å². The van der Waals surface area contributed by atoms with Crippen molar-refractivity contribution in [1.29, 1.82) is 0 Å². The fourth-order valence-corrected chi connectivity index (χ4v) is 2.05. The highest BCUT2D eigenvalue weighted by molar-refractivity contribution is 5.66. The van der Waals surface area contributed by atoms with Crippen LogP contribution in [-0.2, 0) is 11.3 Å². The van der Waals surface area contributed by atoms with Crippen LogP contribution in [-0.4, -0.2) is 29.1 Å². The second-order valence-electron chi connectivity index (χ2n) is 4.75. The number of aliphatic carboxylic acids is 1. The fourth-order valence-electron chi connectivity index (χ4n) is 2.05. The third-order valence-corrected chi connectivity index (χ3v) is 2.97. The lowest BCUT2D eigenvalue weighted by Crippen LogP contribution is -2.25. The normalized spacial score (nSPS) is 10.9. The first-order valence-corrected chi connectivity index (χ1v) is 6.80. The largest absolute Gasteiger partial charge is 0.481 e. The highest BCUT2D eigenvalue weighted by Crippen LogP contribution is 2.09. The molecule has 1 aromatic rings. The van der Waals surface area contributed by atoms with Gasteiger partial charge in [0.25, 0.3) is 0 Å². The smallest absolute Gasteiger partial charge is 0.303 e. The van der Waals surface area contributed by atoms with E-state index < -0.39 is 5.97 Å². The topological polar surface area (TPSA) is 40.5 Å². The average molecular weight is 267 g/mol. The van der Waals surface area contributed by atoms with E-state index in [9.17, 15) is 9.18 Å². The number of benzene rings is 1. The van der Waals surface area contributed by atoms with Gasteiger partial charge in [-0.15, -0.1) is 0 Å². The second kappa shape index (κ2) is 8.64. The van der Waals surface area contributed by atoms with Gasteiger partial charge in [0.1, 0.15) is 5.82 Å². The van der Waals surface area contributed by atoms with Gasteiger partial charge in [0.05, 0.1) is 0 Å². The lowest BCUT2D eigenvalue weighted by atomic mass is 10.2. The molecule has 1 aromatic carbocycles. The Kier molecular flexibility index (Phi) is 7.11. The lowest BCUT2D eigenvalue weighted by Gasteiger charge is -2.21. The van der Waals surface area contributed by atoms with Crippen LogP contribution in [0, 0.1) is 5.82 Å². The molecular weight excluding hydrogens is 245 g/mol. The van der Waals surface area contributed by atoms with E-state index in [4.69, 9.17) is 5.11 Å². The number of nitrogens with zero attached hydrogens (tertiary/aromatic N) is 1. The minimum absolute atomic E-state index is 0.216. The summed E-state index contributed by atoms with van der Waals surface area (Å²) in [4.78, 5) is 12.7. The Morgan fingerprint density at radius 3 is 2.47 bits per heavy atom. The summed E-state index contributed by atoms with van der Waals surface area (Å²) < 4.78 is 12.8. The van der Waals surface area contributed by atoms with Crippen LogP contribution in [0.1, 0.15) is 38.2 Å². The molecule has 0 amide bonds. The summed E-state index contributed by atoms with van der Waals surface area (Å²) in [7, 11) is 0. The first-order valence-electron chi connectivity index (χ1n) is 6.80. The number of carboxylic acid groups (broad SMARTS) is 1. The zero-order valence-electron chi connectivity index (χ0n) is 11.4. The van der Waals surface area contributed by atoms with E-state index in [1.807, 2.05) is 0 Å². The fraction of sp³-hybridized carbons (Fsp3) is 0.533. The standard InChI is InChI=1S/C15H22FNO2/c1-2-10-17(11-4-3-5-15(18)19)12-13-6-8-14(16)9-7-13/h6-9H,2-5,10-12H2,1H3,(H,18,19). The number of halogens is 1. The quantitative estimate of drug-likeness (QED) is 0.698. The predicted molar refractivity (Wildman–Crippen MR) is 73.5 cm³/mol. The highest BCUT2D eigenvalue weighted by Gasteiger charge is 2.06. The third kappa shape index (κ3) is 6.91. The molecule has 0 unspecified atom stereocenters. The van der Waals surface area contributed by atoms with Crippen molar-refractivity contribution >= 4 is 5.97 Å². The molecule has 0 aliphatic carbocycles. The van der Waals surface area contributed by atoms with Crippen LogP contribution in [0.15, 0.2) is 24.3 Å². The number of hydrogen-bond donors (Lipinski definition) is 1. The molecule has 0 aromatic heterocycles. The van der Waals surface area contributed by atoms with Gasteiger partial charge in [0.15, 0.2) is 0 Å². The van der Waals surface area contributed by atoms with E-state index in [1.165, 1.54) is 12.1 Å². The van der Waals surface area contributed by atoms with Crippen LogP contribution in [0.4, 0.5) is 4.39 Å². The summed E-state index contributed by atoms with van der Waals surface area (Å²) in [6.45, 7) is 4.78. The van der Waals surface area contributed by atoms with Crippen molar-refractivity contribution in [2.75, 3.05) is 13.1 Å². The zero-order valence-corrected chi connectivity index (χ0v) is 11.4. The monoisotopic (exact) mass is 267 g/mol. The van der Waals surface area contributed by atoms with Gasteiger partial charge in [0.2, 0.25) is 0 Å². The van der Waals surface area contributed by atoms with Crippen molar-refractivity contribution in [2.45, 2.75) is 39.2 Å².